The monoisotopic (exact) mass is 326 g/mol. The Balaban J connectivity index is 1.54. The van der Waals surface area contributed by atoms with Gasteiger partial charge < -0.3 is 19.9 Å². The van der Waals surface area contributed by atoms with Crippen LogP contribution in [0.15, 0.2) is 41.1 Å². The molecule has 124 valence electrons. The molecular weight excluding hydrogens is 308 g/mol. The first kappa shape index (κ1) is 15.7. The highest BCUT2D eigenvalue weighted by Crippen LogP contribution is 2.14. The summed E-state index contributed by atoms with van der Waals surface area (Å²) >= 11 is 0. The van der Waals surface area contributed by atoms with E-state index in [4.69, 9.17) is 9.26 Å². The largest absolute Gasteiger partial charge is 0.497 e. The summed E-state index contributed by atoms with van der Waals surface area (Å²) < 4.78 is 10.1. The van der Waals surface area contributed by atoms with Crippen LogP contribution in [0.4, 0.5) is 17.6 Å². The van der Waals surface area contributed by atoms with Gasteiger partial charge in [0.1, 0.15) is 11.5 Å². The van der Waals surface area contributed by atoms with E-state index in [1.807, 2.05) is 31.2 Å². The molecule has 0 unspecified atom stereocenters. The zero-order valence-electron chi connectivity index (χ0n) is 13.5. The van der Waals surface area contributed by atoms with Crippen molar-refractivity contribution < 1.29 is 9.26 Å². The molecule has 8 nitrogen and oxygen atoms in total. The second-order valence-electron chi connectivity index (χ2n) is 5.14. The molecule has 0 amide bonds. The number of hydrogen-bond acceptors (Lipinski definition) is 8. The lowest BCUT2D eigenvalue weighted by molar-refractivity contribution is 0.400. The number of ether oxygens (including phenoxy) is 1. The van der Waals surface area contributed by atoms with Crippen LogP contribution in [0.2, 0.25) is 0 Å². The fourth-order valence-corrected chi connectivity index (χ4v) is 2.11. The lowest BCUT2D eigenvalue weighted by Gasteiger charge is -2.06. The van der Waals surface area contributed by atoms with Gasteiger partial charge in [-0.15, -0.1) is 5.10 Å². The van der Waals surface area contributed by atoms with Crippen LogP contribution in [0.25, 0.3) is 0 Å². The predicted molar refractivity (Wildman–Crippen MR) is 89.5 cm³/mol. The molecule has 0 aliphatic heterocycles. The van der Waals surface area contributed by atoms with Crippen molar-refractivity contribution in [3.8, 4) is 5.75 Å². The summed E-state index contributed by atoms with van der Waals surface area (Å²) in [6, 6.07) is 9.73. The van der Waals surface area contributed by atoms with Crippen molar-refractivity contribution in [3.05, 3.63) is 47.9 Å². The topological polar surface area (TPSA) is 98.0 Å². The van der Waals surface area contributed by atoms with E-state index in [0.717, 1.165) is 17.9 Å². The normalized spacial score (nSPS) is 10.4. The third kappa shape index (κ3) is 4.19. The maximum absolute atomic E-state index is 5.14. The number of benzene rings is 1. The van der Waals surface area contributed by atoms with E-state index in [2.05, 4.69) is 31.0 Å². The Morgan fingerprint density at radius 2 is 2.00 bits per heavy atom. The predicted octanol–water partition coefficient (Wildman–Crippen LogP) is 2.57. The van der Waals surface area contributed by atoms with Gasteiger partial charge in [0, 0.05) is 12.6 Å². The van der Waals surface area contributed by atoms with Crippen LogP contribution in [0, 0.1) is 6.92 Å². The molecular formula is C16H18N6O2. The second kappa shape index (κ2) is 7.40. The van der Waals surface area contributed by atoms with Crippen LogP contribution in [0.3, 0.4) is 0 Å². The molecule has 2 N–H and O–H groups in total. The quantitative estimate of drug-likeness (QED) is 0.683. The van der Waals surface area contributed by atoms with Crippen molar-refractivity contribution >= 4 is 17.6 Å². The molecule has 0 aliphatic rings. The highest BCUT2D eigenvalue weighted by atomic mass is 16.5. The first-order chi connectivity index (χ1) is 11.7. The Morgan fingerprint density at radius 1 is 1.17 bits per heavy atom. The summed E-state index contributed by atoms with van der Waals surface area (Å²) in [5, 5.41) is 17.9. The van der Waals surface area contributed by atoms with E-state index in [0.29, 0.717) is 24.1 Å². The zero-order valence-corrected chi connectivity index (χ0v) is 13.5. The molecule has 2 heterocycles. The molecule has 0 saturated heterocycles. The first-order valence-electron chi connectivity index (χ1n) is 7.50. The van der Waals surface area contributed by atoms with Crippen LogP contribution in [0.5, 0.6) is 5.75 Å². The third-order valence-corrected chi connectivity index (χ3v) is 3.30. The van der Waals surface area contributed by atoms with Gasteiger partial charge in [0.25, 0.3) is 0 Å². The third-order valence-electron chi connectivity index (χ3n) is 3.30. The lowest BCUT2D eigenvalue weighted by atomic mass is 10.1. The van der Waals surface area contributed by atoms with E-state index in [1.165, 1.54) is 11.8 Å². The van der Waals surface area contributed by atoms with Crippen molar-refractivity contribution in [2.75, 3.05) is 24.3 Å². The van der Waals surface area contributed by atoms with Gasteiger partial charge >= 0.3 is 0 Å². The average Bonchev–Trinajstić information content (AvgIpc) is 3.01. The zero-order chi connectivity index (χ0) is 16.8. The first-order valence-corrected chi connectivity index (χ1v) is 7.50. The molecule has 8 heteroatoms. The van der Waals surface area contributed by atoms with E-state index in [-0.39, 0.29) is 0 Å². The number of nitrogens with zero attached hydrogens (tertiary/aromatic N) is 4. The number of hydrogen-bond donors (Lipinski definition) is 2. The number of aromatic nitrogens is 4. The molecule has 0 atom stereocenters. The summed E-state index contributed by atoms with van der Waals surface area (Å²) in [6.07, 6.45) is 2.37. The van der Waals surface area contributed by atoms with E-state index in [9.17, 15) is 0 Å². The smallest absolute Gasteiger partial charge is 0.244 e. The molecule has 0 aliphatic carbocycles. The van der Waals surface area contributed by atoms with E-state index >= 15 is 0 Å². The minimum absolute atomic E-state index is 0.453. The number of rotatable bonds is 7. The molecule has 3 rings (SSSR count). The highest BCUT2D eigenvalue weighted by Gasteiger charge is 2.04. The van der Waals surface area contributed by atoms with Crippen LogP contribution >= 0.6 is 0 Å². The fourth-order valence-electron chi connectivity index (χ4n) is 2.11. The number of methoxy groups -OCH3 is 1. The van der Waals surface area contributed by atoms with Crippen molar-refractivity contribution in [1.29, 1.82) is 0 Å². The average molecular weight is 326 g/mol. The summed E-state index contributed by atoms with van der Waals surface area (Å²) in [7, 11) is 1.66. The Kier molecular flexibility index (Phi) is 4.85. The molecule has 0 spiro atoms. The minimum atomic E-state index is 0.453. The number of anilines is 3. The summed E-state index contributed by atoms with van der Waals surface area (Å²) in [5.41, 5.74) is 1.20. The summed E-state index contributed by atoms with van der Waals surface area (Å²) in [4.78, 5) is 4.34. The van der Waals surface area contributed by atoms with Crippen LogP contribution < -0.4 is 15.4 Å². The number of aryl methyl sites for hydroxylation is 1. The van der Waals surface area contributed by atoms with Gasteiger partial charge in [-0.3, -0.25) is 0 Å². The van der Waals surface area contributed by atoms with Gasteiger partial charge in [0.05, 0.1) is 13.3 Å². The molecule has 0 radical (unpaired) electrons. The van der Waals surface area contributed by atoms with Crippen molar-refractivity contribution in [2.24, 2.45) is 0 Å². The van der Waals surface area contributed by atoms with Gasteiger partial charge in [0.2, 0.25) is 5.95 Å². The van der Waals surface area contributed by atoms with Crippen molar-refractivity contribution in [2.45, 2.75) is 13.3 Å². The highest BCUT2D eigenvalue weighted by molar-refractivity contribution is 5.51. The Hall–Kier alpha value is -3.16. The van der Waals surface area contributed by atoms with Crippen LogP contribution in [-0.2, 0) is 6.42 Å². The number of nitrogens with one attached hydrogen (secondary N) is 2. The van der Waals surface area contributed by atoms with Crippen molar-refractivity contribution in [3.63, 3.8) is 0 Å². The van der Waals surface area contributed by atoms with Gasteiger partial charge in [0.15, 0.2) is 11.6 Å². The molecule has 24 heavy (non-hydrogen) atoms. The Bertz CT molecular complexity index is 787. The molecule has 1 aromatic carbocycles. The molecule has 0 saturated carbocycles. The minimum Gasteiger partial charge on any atom is -0.497 e. The summed E-state index contributed by atoms with van der Waals surface area (Å²) in [6.45, 7) is 2.52. The van der Waals surface area contributed by atoms with Gasteiger partial charge in [-0.2, -0.15) is 10.1 Å². The van der Waals surface area contributed by atoms with Crippen molar-refractivity contribution in [1.82, 2.24) is 20.3 Å². The molecule has 3 aromatic rings. The second-order valence-corrected chi connectivity index (χ2v) is 5.14. The summed E-state index contributed by atoms with van der Waals surface area (Å²) in [5.74, 6) is 3.15. The molecule has 0 fully saturated rings. The Labute approximate surface area is 139 Å². The van der Waals surface area contributed by atoms with Crippen LogP contribution in [0.1, 0.15) is 11.3 Å². The molecule has 2 aromatic heterocycles. The van der Waals surface area contributed by atoms with Gasteiger partial charge in [-0.25, -0.2) is 0 Å². The Morgan fingerprint density at radius 3 is 2.71 bits per heavy atom. The fraction of sp³-hybridized carbons (Fsp3) is 0.250. The van der Waals surface area contributed by atoms with E-state index < -0.39 is 0 Å². The maximum Gasteiger partial charge on any atom is 0.244 e. The SMILES string of the molecule is COc1ccc(CCNc2nncc(Nc3cc(C)on3)n2)cc1. The van der Waals surface area contributed by atoms with E-state index in [1.54, 1.807) is 13.2 Å². The standard InChI is InChI=1S/C16H18N6O2/c1-11-9-14(22-24-11)19-15-10-18-21-16(20-15)17-8-7-12-3-5-13(23-2)6-4-12/h3-6,9-10H,7-8H2,1-2H3,(H2,17,19,20,21,22). The maximum atomic E-state index is 5.14. The molecule has 0 bridgehead atoms. The van der Waals surface area contributed by atoms with Gasteiger partial charge in [-0.1, -0.05) is 17.3 Å². The van der Waals surface area contributed by atoms with Gasteiger partial charge in [-0.05, 0) is 31.0 Å². The lowest BCUT2D eigenvalue weighted by Crippen LogP contribution is -2.09. The van der Waals surface area contributed by atoms with Crippen LogP contribution in [-0.4, -0.2) is 34.0 Å².